The van der Waals surface area contributed by atoms with Crippen LogP contribution in [0.2, 0.25) is 0 Å². The van der Waals surface area contributed by atoms with Gasteiger partial charge in [0.15, 0.2) is 0 Å². The zero-order chi connectivity index (χ0) is 13.6. The summed E-state index contributed by atoms with van der Waals surface area (Å²) in [4.78, 5) is 15.7. The van der Waals surface area contributed by atoms with Gasteiger partial charge in [0.25, 0.3) is 0 Å². The van der Waals surface area contributed by atoms with Crippen molar-refractivity contribution in [3.63, 3.8) is 0 Å². The molecule has 1 amide bonds. The Hall–Kier alpha value is -1.42. The van der Waals surface area contributed by atoms with Crippen molar-refractivity contribution in [1.82, 2.24) is 10.3 Å². The van der Waals surface area contributed by atoms with E-state index in [-0.39, 0.29) is 12.5 Å². The summed E-state index contributed by atoms with van der Waals surface area (Å²) < 4.78 is 0. The highest BCUT2D eigenvalue weighted by Crippen LogP contribution is 2.15. The molecule has 1 aromatic rings. The summed E-state index contributed by atoms with van der Waals surface area (Å²) in [5.41, 5.74) is 0.0252. The maximum absolute atomic E-state index is 11.7. The molecule has 1 heterocycles. The topological polar surface area (TPSA) is 62.2 Å². The molecule has 1 rings (SSSR count). The summed E-state index contributed by atoms with van der Waals surface area (Å²) in [6, 6.07) is 3.66. The first-order valence-electron chi connectivity index (χ1n) is 6.27. The molecule has 4 heteroatoms. The lowest BCUT2D eigenvalue weighted by molar-refractivity contribution is -0.121. The predicted octanol–water partition coefficient (Wildman–Crippen LogP) is 1.54. The summed E-state index contributed by atoms with van der Waals surface area (Å²) in [7, 11) is 0. The zero-order valence-electron chi connectivity index (χ0n) is 11.3. The van der Waals surface area contributed by atoms with E-state index in [2.05, 4.69) is 10.3 Å². The van der Waals surface area contributed by atoms with E-state index in [1.165, 1.54) is 0 Å². The maximum atomic E-state index is 11.7. The van der Waals surface area contributed by atoms with Crippen molar-refractivity contribution >= 4 is 5.91 Å². The van der Waals surface area contributed by atoms with Gasteiger partial charge >= 0.3 is 0 Å². The zero-order valence-corrected chi connectivity index (χ0v) is 11.3. The molecule has 1 atom stereocenters. The van der Waals surface area contributed by atoms with E-state index in [4.69, 9.17) is 0 Å². The lowest BCUT2D eigenvalue weighted by atomic mass is 9.94. The van der Waals surface area contributed by atoms with Gasteiger partial charge in [-0.2, -0.15) is 0 Å². The number of rotatable bonds is 6. The number of carbonyl (C=O) groups excluding carboxylic acids is 1. The van der Waals surface area contributed by atoms with E-state index in [0.717, 1.165) is 5.56 Å². The average Bonchev–Trinajstić information content (AvgIpc) is 2.26. The number of hydrogen-bond donors (Lipinski definition) is 2. The van der Waals surface area contributed by atoms with Crippen molar-refractivity contribution in [1.29, 1.82) is 0 Å². The number of nitrogens with one attached hydrogen (secondary N) is 1. The number of hydrogen-bond acceptors (Lipinski definition) is 3. The number of amides is 1. The molecule has 0 aliphatic carbocycles. The van der Waals surface area contributed by atoms with Gasteiger partial charge in [0.1, 0.15) is 0 Å². The monoisotopic (exact) mass is 250 g/mol. The quantitative estimate of drug-likeness (QED) is 0.805. The van der Waals surface area contributed by atoms with E-state index in [1.807, 2.05) is 19.9 Å². The predicted molar refractivity (Wildman–Crippen MR) is 71.0 cm³/mol. The number of nitrogens with zero attached hydrogens (tertiary/aromatic N) is 1. The second-order valence-electron chi connectivity index (χ2n) is 5.41. The smallest absolute Gasteiger partial charge is 0.224 e. The third-order valence-corrected chi connectivity index (χ3v) is 2.60. The van der Waals surface area contributed by atoms with Crippen LogP contribution in [0.4, 0.5) is 0 Å². The molecule has 0 saturated heterocycles. The van der Waals surface area contributed by atoms with Crippen molar-refractivity contribution in [3.8, 4) is 0 Å². The number of aliphatic hydroxyl groups is 1. The van der Waals surface area contributed by atoms with Gasteiger partial charge in [-0.25, -0.2) is 0 Å². The second kappa shape index (κ2) is 6.50. The number of pyridine rings is 1. The summed E-state index contributed by atoms with van der Waals surface area (Å²) in [6.07, 6.45) is 4.31. The first-order valence-corrected chi connectivity index (χ1v) is 6.27. The molecule has 0 aliphatic heterocycles. The Morgan fingerprint density at radius 1 is 1.56 bits per heavy atom. The van der Waals surface area contributed by atoms with Crippen LogP contribution in [-0.2, 0) is 11.2 Å². The molecule has 0 spiro atoms. The number of aromatic nitrogens is 1. The Balaban J connectivity index is 2.37. The third kappa shape index (κ3) is 5.77. The van der Waals surface area contributed by atoms with Crippen LogP contribution < -0.4 is 5.32 Å². The van der Waals surface area contributed by atoms with Crippen LogP contribution in [0.5, 0.6) is 0 Å². The molecule has 0 aliphatic rings. The summed E-state index contributed by atoms with van der Waals surface area (Å²) in [5, 5.41) is 12.8. The fourth-order valence-corrected chi connectivity index (χ4v) is 1.99. The molecule has 0 aromatic carbocycles. The van der Waals surface area contributed by atoms with Gasteiger partial charge in [0, 0.05) is 18.9 Å². The first kappa shape index (κ1) is 14.6. The van der Waals surface area contributed by atoms with Gasteiger partial charge in [0.2, 0.25) is 5.91 Å². The lowest BCUT2D eigenvalue weighted by Crippen LogP contribution is -2.42. The van der Waals surface area contributed by atoms with Crippen molar-refractivity contribution < 1.29 is 9.90 Å². The largest absolute Gasteiger partial charge is 0.388 e. The van der Waals surface area contributed by atoms with Gasteiger partial charge in [0.05, 0.1) is 12.0 Å². The molecule has 1 aromatic heterocycles. The molecule has 2 N–H and O–H groups in total. The van der Waals surface area contributed by atoms with Crippen LogP contribution in [-0.4, -0.2) is 28.1 Å². The van der Waals surface area contributed by atoms with E-state index >= 15 is 0 Å². The summed E-state index contributed by atoms with van der Waals surface area (Å²) >= 11 is 0. The van der Waals surface area contributed by atoms with Gasteiger partial charge < -0.3 is 10.4 Å². The highest BCUT2D eigenvalue weighted by atomic mass is 16.3. The van der Waals surface area contributed by atoms with Crippen LogP contribution in [0.3, 0.4) is 0 Å². The normalized spacial score (nSPS) is 14.3. The van der Waals surface area contributed by atoms with Crippen molar-refractivity contribution in [3.05, 3.63) is 30.1 Å². The Morgan fingerprint density at radius 3 is 2.83 bits per heavy atom. The van der Waals surface area contributed by atoms with E-state index < -0.39 is 5.60 Å². The van der Waals surface area contributed by atoms with Crippen molar-refractivity contribution in [2.45, 2.75) is 39.2 Å². The summed E-state index contributed by atoms with van der Waals surface area (Å²) in [5.74, 6) is 0.308. The van der Waals surface area contributed by atoms with Crippen LogP contribution in [0, 0.1) is 5.92 Å². The van der Waals surface area contributed by atoms with E-state index in [9.17, 15) is 9.90 Å². The van der Waals surface area contributed by atoms with Crippen LogP contribution >= 0.6 is 0 Å². The summed E-state index contributed by atoms with van der Waals surface area (Å²) in [6.45, 7) is 6.12. The highest BCUT2D eigenvalue weighted by Gasteiger charge is 2.22. The highest BCUT2D eigenvalue weighted by molar-refractivity contribution is 5.78. The minimum absolute atomic E-state index is 0.0907. The minimum Gasteiger partial charge on any atom is -0.388 e. The second-order valence-corrected chi connectivity index (χ2v) is 5.41. The third-order valence-electron chi connectivity index (χ3n) is 2.60. The number of carbonyl (C=O) groups is 1. The standard InChI is InChI=1S/C14H22N2O2/c1-11(2)8-14(3,18)10-16-13(17)7-12-5-4-6-15-9-12/h4-6,9,11,18H,7-8,10H2,1-3H3,(H,16,17). The Morgan fingerprint density at radius 2 is 2.28 bits per heavy atom. The molecule has 0 radical (unpaired) electrons. The molecule has 4 nitrogen and oxygen atoms in total. The maximum Gasteiger partial charge on any atom is 0.224 e. The fraction of sp³-hybridized carbons (Fsp3) is 0.571. The Bertz CT molecular complexity index is 375. The Labute approximate surface area is 108 Å². The van der Waals surface area contributed by atoms with Crippen molar-refractivity contribution in [2.75, 3.05) is 6.54 Å². The molecular weight excluding hydrogens is 228 g/mol. The molecule has 1 unspecified atom stereocenters. The van der Waals surface area contributed by atoms with E-state index in [0.29, 0.717) is 18.8 Å². The van der Waals surface area contributed by atoms with Crippen LogP contribution in [0.1, 0.15) is 32.8 Å². The first-order chi connectivity index (χ1) is 8.39. The average molecular weight is 250 g/mol. The molecule has 0 bridgehead atoms. The SMILES string of the molecule is CC(C)CC(C)(O)CNC(=O)Cc1cccnc1. The molecule has 0 fully saturated rings. The lowest BCUT2D eigenvalue weighted by Gasteiger charge is -2.25. The molecule has 18 heavy (non-hydrogen) atoms. The van der Waals surface area contributed by atoms with Crippen LogP contribution in [0.25, 0.3) is 0 Å². The van der Waals surface area contributed by atoms with Gasteiger partial charge in [-0.15, -0.1) is 0 Å². The Kier molecular flexibility index (Phi) is 5.28. The van der Waals surface area contributed by atoms with Gasteiger partial charge in [-0.05, 0) is 30.9 Å². The van der Waals surface area contributed by atoms with Crippen molar-refractivity contribution in [2.24, 2.45) is 5.92 Å². The molecule has 0 saturated carbocycles. The van der Waals surface area contributed by atoms with Crippen LogP contribution in [0.15, 0.2) is 24.5 Å². The van der Waals surface area contributed by atoms with Gasteiger partial charge in [-0.3, -0.25) is 9.78 Å². The minimum atomic E-state index is -0.848. The molecule has 100 valence electrons. The van der Waals surface area contributed by atoms with E-state index in [1.54, 1.807) is 25.4 Å². The van der Waals surface area contributed by atoms with Gasteiger partial charge in [-0.1, -0.05) is 19.9 Å². The molecular formula is C14H22N2O2. The fourth-order valence-electron chi connectivity index (χ4n) is 1.99.